The van der Waals surface area contributed by atoms with Gasteiger partial charge in [0.25, 0.3) is 0 Å². The number of aryl methyl sites for hydroxylation is 4. The molecule has 0 saturated heterocycles. The predicted octanol–water partition coefficient (Wildman–Crippen LogP) is 8.01. The highest BCUT2D eigenvalue weighted by Gasteiger charge is 2.33. The molecular formula is C29H40. The summed E-state index contributed by atoms with van der Waals surface area (Å²) >= 11 is 0. The van der Waals surface area contributed by atoms with Crippen molar-refractivity contribution >= 4 is 0 Å². The second-order valence-electron chi connectivity index (χ2n) is 9.89. The molecule has 0 aliphatic heterocycles. The van der Waals surface area contributed by atoms with Gasteiger partial charge < -0.3 is 0 Å². The molecule has 29 heavy (non-hydrogen) atoms. The van der Waals surface area contributed by atoms with E-state index in [4.69, 9.17) is 0 Å². The molecule has 2 aliphatic carbocycles. The Morgan fingerprint density at radius 2 is 1.41 bits per heavy atom. The lowest BCUT2D eigenvalue weighted by molar-refractivity contribution is 0.453. The van der Waals surface area contributed by atoms with Crippen molar-refractivity contribution in [3.8, 4) is 0 Å². The molecule has 0 heteroatoms. The molecule has 0 radical (unpaired) electrons. The van der Waals surface area contributed by atoms with E-state index in [9.17, 15) is 0 Å². The van der Waals surface area contributed by atoms with Crippen LogP contribution in [-0.2, 0) is 25.7 Å². The van der Waals surface area contributed by atoms with Gasteiger partial charge in [0, 0.05) is 0 Å². The Bertz CT molecular complexity index is 830. The first-order chi connectivity index (χ1) is 14.1. The first kappa shape index (κ1) is 20.7. The third-order valence-corrected chi connectivity index (χ3v) is 8.29. The largest absolute Gasteiger partial charge is 0.0651 e. The third-order valence-electron chi connectivity index (χ3n) is 8.29. The average molecular weight is 389 g/mol. The fourth-order valence-electron chi connectivity index (χ4n) is 5.99. The van der Waals surface area contributed by atoms with Gasteiger partial charge in [-0.15, -0.1) is 0 Å². The van der Waals surface area contributed by atoms with Gasteiger partial charge in [0.1, 0.15) is 0 Å². The van der Waals surface area contributed by atoms with Crippen molar-refractivity contribution in [2.45, 2.75) is 97.3 Å². The summed E-state index contributed by atoms with van der Waals surface area (Å²) in [5, 5.41) is 0. The number of benzene rings is 2. The van der Waals surface area contributed by atoms with Gasteiger partial charge in [0.15, 0.2) is 0 Å². The smallest absolute Gasteiger partial charge is 0.0131 e. The van der Waals surface area contributed by atoms with Crippen molar-refractivity contribution in [3.63, 3.8) is 0 Å². The van der Waals surface area contributed by atoms with Gasteiger partial charge in [-0.25, -0.2) is 0 Å². The van der Waals surface area contributed by atoms with Crippen LogP contribution in [-0.4, -0.2) is 0 Å². The van der Waals surface area contributed by atoms with E-state index in [1.54, 1.807) is 27.8 Å². The van der Waals surface area contributed by atoms with Crippen LogP contribution in [0.4, 0.5) is 0 Å². The summed E-state index contributed by atoms with van der Waals surface area (Å²) in [6.07, 6.45) is 11.6. The topological polar surface area (TPSA) is 0 Å². The maximum absolute atomic E-state index is 2.61. The molecule has 0 nitrogen and oxygen atoms in total. The zero-order valence-corrected chi connectivity index (χ0v) is 19.1. The molecule has 0 spiro atoms. The predicted molar refractivity (Wildman–Crippen MR) is 126 cm³/mol. The summed E-state index contributed by atoms with van der Waals surface area (Å²) in [5.41, 5.74) is 9.59. The fourth-order valence-corrected chi connectivity index (χ4v) is 5.99. The van der Waals surface area contributed by atoms with Crippen LogP contribution in [0.5, 0.6) is 0 Å². The first-order valence-electron chi connectivity index (χ1n) is 12.4. The number of fused-ring (bicyclic) bond motifs is 2. The van der Waals surface area contributed by atoms with E-state index in [-0.39, 0.29) is 0 Å². The number of hydrogen-bond acceptors (Lipinski definition) is 0. The molecular weight excluding hydrogens is 348 g/mol. The molecule has 1 fully saturated rings. The standard InChI is InChI=1S/C29H40/c1-5-20(4)25-12-8-23-10-14-27-19-28(15-11-24(27)9-13-26(23)18-25)29-17-21(6-2)16-22(29)7-3/h8,11-12,15,18-22,29H,5-7,9-10,13-14,16-17H2,1-4H3. The Labute approximate surface area is 179 Å². The molecule has 2 aromatic rings. The van der Waals surface area contributed by atoms with Gasteiger partial charge in [0.2, 0.25) is 0 Å². The highest BCUT2D eigenvalue weighted by Crippen LogP contribution is 2.46. The zero-order chi connectivity index (χ0) is 20.4. The molecule has 1 saturated carbocycles. The van der Waals surface area contributed by atoms with E-state index in [1.807, 2.05) is 0 Å². The Kier molecular flexibility index (Phi) is 6.47. The minimum absolute atomic E-state index is 0.672. The van der Waals surface area contributed by atoms with Gasteiger partial charge in [-0.2, -0.15) is 0 Å². The highest BCUT2D eigenvalue weighted by molar-refractivity contribution is 5.41. The normalized spacial score (nSPS) is 25.0. The van der Waals surface area contributed by atoms with Gasteiger partial charge in [-0.1, -0.05) is 76.9 Å². The van der Waals surface area contributed by atoms with Crippen LogP contribution in [0.1, 0.15) is 105 Å². The maximum Gasteiger partial charge on any atom is -0.0131 e. The Hall–Kier alpha value is -1.56. The Morgan fingerprint density at radius 3 is 2.07 bits per heavy atom. The van der Waals surface area contributed by atoms with Crippen LogP contribution >= 0.6 is 0 Å². The summed E-state index contributed by atoms with van der Waals surface area (Å²) in [6, 6.07) is 14.9. The van der Waals surface area contributed by atoms with Crippen molar-refractivity contribution in [1.82, 2.24) is 0 Å². The molecule has 0 amide bonds. The van der Waals surface area contributed by atoms with Crippen LogP contribution in [0.15, 0.2) is 36.4 Å². The van der Waals surface area contributed by atoms with Crippen LogP contribution in [0.3, 0.4) is 0 Å². The second-order valence-corrected chi connectivity index (χ2v) is 9.89. The van der Waals surface area contributed by atoms with E-state index >= 15 is 0 Å². The zero-order valence-electron chi connectivity index (χ0n) is 19.1. The van der Waals surface area contributed by atoms with E-state index in [0.29, 0.717) is 5.92 Å². The number of rotatable bonds is 5. The molecule has 4 rings (SSSR count). The summed E-state index contributed by atoms with van der Waals surface area (Å²) < 4.78 is 0. The van der Waals surface area contributed by atoms with Crippen LogP contribution in [0.2, 0.25) is 0 Å². The van der Waals surface area contributed by atoms with E-state index in [2.05, 4.69) is 64.1 Å². The third kappa shape index (κ3) is 4.32. The summed E-state index contributed by atoms with van der Waals surface area (Å²) in [6.45, 7) is 9.43. The SMILES string of the molecule is CCC1CC(CC)C(c2ccc3c(c2)CCc2ccc(C(C)CC)cc2CC3)C1. The summed E-state index contributed by atoms with van der Waals surface area (Å²) in [5.74, 6) is 3.31. The van der Waals surface area contributed by atoms with E-state index < -0.39 is 0 Å². The van der Waals surface area contributed by atoms with Crippen LogP contribution < -0.4 is 0 Å². The quantitative estimate of drug-likeness (QED) is 0.486. The molecule has 4 atom stereocenters. The summed E-state index contributed by atoms with van der Waals surface area (Å²) in [7, 11) is 0. The Morgan fingerprint density at radius 1 is 0.759 bits per heavy atom. The average Bonchev–Trinajstić information content (AvgIpc) is 3.18. The minimum atomic E-state index is 0.672. The van der Waals surface area contributed by atoms with Crippen molar-refractivity contribution in [1.29, 1.82) is 0 Å². The molecule has 0 bridgehead atoms. The number of hydrogen-bond donors (Lipinski definition) is 0. The first-order valence-corrected chi connectivity index (χ1v) is 12.4. The Balaban J connectivity index is 1.56. The van der Waals surface area contributed by atoms with Gasteiger partial charge >= 0.3 is 0 Å². The lowest BCUT2D eigenvalue weighted by Crippen LogP contribution is -2.10. The van der Waals surface area contributed by atoms with Crippen LogP contribution in [0.25, 0.3) is 0 Å². The second kappa shape index (κ2) is 9.07. The van der Waals surface area contributed by atoms with Gasteiger partial charge in [-0.3, -0.25) is 0 Å². The fraction of sp³-hybridized carbons (Fsp3) is 0.586. The molecule has 156 valence electrons. The van der Waals surface area contributed by atoms with E-state index in [0.717, 1.165) is 17.8 Å². The van der Waals surface area contributed by atoms with Crippen molar-refractivity contribution < 1.29 is 0 Å². The van der Waals surface area contributed by atoms with Gasteiger partial charge in [-0.05, 0) is 102 Å². The monoisotopic (exact) mass is 388 g/mol. The van der Waals surface area contributed by atoms with Crippen molar-refractivity contribution in [2.24, 2.45) is 11.8 Å². The summed E-state index contributed by atoms with van der Waals surface area (Å²) in [4.78, 5) is 0. The van der Waals surface area contributed by atoms with Crippen LogP contribution in [0, 0.1) is 11.8 Å². The molecule has 0 aromatic heterocycles. The maximum atomic E-state index is 2.61. The minimum Gasteiger partial charge on any atom is -0.0651 e. The molecule has 2 aromatic carbocycles. The molecule has 4 unspecified atom stereocenters. The highest BCUT2D eigenvalue weighted by atomic mass is 14.4. The molecule has 0 N–H and O–H groups in total. The van der Waals surface area contributed by atoms with Gasteiger partial charge in [0.05, 0.1) is 0 Å². The molecule has 0 heterocycles. The van der Waals surface area contributed by atoms with Crippen molar-refractivity contribution in [3.05, 3.63) is 69.8 Å². The lowest BCUT2D eigenvalue weighted by Gasteiger charge is -2.23. The van der Waals surface area contributed by atoms with E-state index in [1.165, 1.54) is 63.4 Å². The van der Waals surface area contributed by atoms with Crippen molar-refractivity contribution in [2.75, 3.05) is 0 Å². The lowest BCUT2D eigenvalue weighted by atomic mass is 9.82. The molecule has 2 aliphatic rings.